The molecule has 0 saturated carbocycles. The van der Waals surface area contributed by atoms with Gasteiger partial charge >= 0.3 is 0 Å². The average molecular weight is 219 g/mol. The van der Waals surface area contributed by atoms with Crippen molar-refractivity contribution in [2.24, 2.45) is 0 Å². The third kappa shape index (κ3) is 3.57. The van der Waals surface area contributed by atoms with Crippen LogP contribution in [0.2, 0.25) is 0 Å². The highest BCUT2D eigenvalue weighted by Crippen LogP contribution is 2.15. The first-order chi connectivity index (χ1) is 7.63. The number of ether oxygens (including phenoxy) is 1. The zero-order valence-corrected chi connectivity index (χ0v) is 9.18. The van der Waals surface area contributed by atoms with Gasteiger partial charge < -0.3 is 9.84 Å². The summed E-state index contributed by atoms with van der Waals surface area (Å²) in [6, 6.07) is 11.8. The minimum Gasteiger partial charge on any atom is -0.481 e. The van der Waals surface area contributed by atoms with Crippen molar-refractivity contribution in [3.8, 4) is 5.88 Å². The van der Waals surface area contributed by atoms with Gasteiger partial charge in [0.1, 0.15) is 0 Å². The van der Waals surface area contributed by atoms with Gasteiger partial charge in [0.2, 0.25) is 5.88 Å². The molecule has 0 aliphatic heterocycles. The van der Waals surface area contributed by atoms with Crippen molar-refractivity contribution in [1.82, 2.24) is 4.98 Å². The van der Waals surface area contributed by atoms with Gasteiger partial charge in [-0.3, -0.25) is 4.79 Å². The fourth-order valence-electron chi connectivity index (χ4n) is 1.16. The first-order valence-corrected chi connectivity index (χ1v) is 4.73. The molecule has 0 radical (unpaired) electrons. The Morgan fingerprint density at radius 3 is 2.50 bits per heavy atom. The van der Waals surface area contributed by atoms with Crippen molar-refractivity contribution in [3.63, 3.8) is 0 Å². The highest BCUT2D eigenvalue weighted by atomic mass is 16.5. The normalized spacial score (nSPS) is 9.12. The fraction of sp³-hybridized carbons (Fsp3) is 0.167. The topological polar surface area (TPSA) is 59.4 Å². The molecule has 1 N–H and O–H groups in total. The summed E-state index contributed by atoms with van der Waals surface area (Å²) in [5, 5.41) is 8.55. The van der Waals surface area contributed by atoms with E-state index in [9.17, 15) is 0 Å². The number of aliphatic carboxylic acids is 1. The van der Waals surface area contributed by atoms with Gasteiger partial charge in [0.05, 0.1) is 12.6 Å². The molecule has 0 aliphatic rings. The van der Waals surface area contributed by atoms with Crippen molar-refractivity contribution in [3.05, 3.63) is 36.4 Å². The first kappa shape index (κ1) is 12.0. The Kier molecular flexibility index (Phi) is 4.27. The quantitative estimate of drug-likeness (QED) is 0.799. The molecule has 0 aliphatic carbocycles. The fourth-order valence-corrected chi connectivity index (χ4v) is 1.16. The van der Waals surface area contributed by atoms with Crippen LogP contribution in [-0.2, 0) is 4.79 Å². The monoisotopic (exact) mass is 219 g/mol. The molecule has 0 saturated heterocycles. The number of benzene rings is 1. The molecule has 1 aromatic carbocycles. The second kappa shape index (κ2) is 5.70. The minimum absolute atomic E-state index is 0.661. The maximum Gasteiger partial charge on any atom is 0.300 e. The predicted molar refractivity (Wildman–Crippen MR) is 61.6 cm³/mol. The van der Waals surface area contributed by atoms with Gasteiger partial charge in [-0.05, 0) is 12.1 Å². The van der Waals surface area contributed by atoms with Crippen molar-refractivity contribution < 1.29 is 14.6 Å². The predicted octanol–water partition coefficient (Wildman–Crippen LogP) is 2.33. The number of aromatic nitrogens is 1. The van der Waals surface area contributed by atoms with E-state index in [1.165, 1.54) is 0 Å². The molecule has 0 unspecified atom stereocenters. The number of pyridine rings is 1. The molecule has 16 heavy (non-hydrogen) atoms. The smallest absolute Gasteiger partial charge is 0.300 e. The third-order valence-electron chi connectivity index (χ3n) is 1.78. The Morgan fingerprint density at radius 1 is 1.25 bits per heavy atom. The van der Waals surface area contributed by atoms with Crippen LogP contribution in [0.4, 0.5) is 0 Å². The molecule has 4 heteroatoms. The molecule has 0 amide bonds. The molecule has 0 bridgehead atoms. The molecule has 1 aromatic heterocycles. The Morgan fingerprint density at radius 2 is 1.88 bits per heavy atom. The van der Waals surface area contributed by atoms with Crippen LogP contribution < -0.4 is 4.74 Å². The van der Waals surface area contributed by atoms with E-state index in [2.05, 4.69) is 4.98 Å². The number of methoxy groups -OCH3 is 1. The van der Waals surface area contributed by atoms with Crippen molar-refractivity contribution >= 4 is 16.9 Å². The number of fused-ring (bicyclic) bond motifs is 1. The van der Waals surface area contributed by atoms with Crippen LogP contribution in [0.3, 0.4) is 0 Å². The number of hydrogen-bond acceptors (Lipinski definition) is 3. The van der Waals surface area contributed by atoms with Crippen molar-refractivity contribution in [2.45, 2.75) is 6.92 Å². The first-order valence-electron chi connectivity index (χ1n) is 4.73. The van der Waals surface area contributed by atoms with Crippen molar-refractivity contribution in [2.75, 3.05) is 7.11 Å². The zero-order valence-electron chi connectivity index (χ0n) is 9.18. The number of nitrogens with zero attached hydrogens (tertiary/aromatic N) is 1. The molecule has 0 spiro atoms. The largest absolute Gasteiger partial charge is 0.481 e. The summed E-state index contributed by atoms with van der Waals surface area (Å²) < 4.78 is 5.01. The second-order valence-electron chi connectivity index (χ2n) is 3.07. The molecule has 2 rings (SSSR count). The maximum absolute atomic E-state index is 9.00. The van der Waals surface area contributed by atoms with E-state index in [1.54, 1.807) is 7.11 Å². The van der Waals surface area contributed by atoms with Gasteiger partial charge in [0.15, 0.2) is 0 Å². The van der Waals surface area contributed by atoms with E-state index in [0.717, 1.165) is 17.8 Å². The van der Waals surface area contributed by atoms with Crippen LogP contribution in [0.25, 0.3) is 10.9 Å². The van der Waals surface area contributed by atoms with Gasteiger partial charge in [-0.2, -0.15) is 0 Å². The van der Waals surface area contributed by atoms with Crippen LogP contribution in [0.1, 0.15) is 6.92 Å². The van der Waals surface area contributed by atoms with Crippen molar-refractivity contribution in [1.29, 1.82) is 0 Å². The lowest BCUT2D eigenvalue weighted by Gasteiger charge is -1.99. The molecule has 0 fully saturated rings. The molecular formula is C12H13NO3. The number of carbonyl (C=O) groups is 1. The van der Waals surface area contributed by atoms with Gasteiger partial charge in [-0.25, -0.2) is 4.98 Å². The number of carboxylic acids is 1. The highest BCUT2D eigenvalue weighted by molar-refractivity contribution is 5.78. The van der Waals surface area contributed by atoms with E-state index >= 15 is 0 Å². The summed E-state index contributed by atoms with van der Waals surface area (Å²) in [6.07, 6.45) is 0. The Hall–Kier alpha value is -2.10. The lowest BCUT2D eigenvalue weighted by molar-refractivity contribution is -0.134. The molecule has 0 atom stereocenters. The SMILES string of the molecule is CC(=O)O.COc1ccc2ccccc2n1. The molecule has 2 aromatic rings. The van der Waals surface area contributed by atoms with Gasteiger partial charge in [0.25, 0.3) is 5.97 Å². The van der Waals surface area contributed by atoms with E-state index in [4.69, 9.17) is 14.6 Å². The molecular weight excluding hydrogens is 206 g/mol. The minimum atomic E-state index is -0.833. The van der Waals surface area contributed by atoms with E-state index in [1.807, 2.05) is 36.4 Å². The summed E-state index contributed by atoms with van der Waals surface area (Å²) in [6.45, 7) is 1.08. The summed E-state index contributed by atoms with van der Waals surface area (Å²) in [5.74, 6) is -0.172. The van der Waals surface area contributed by atoms with Gasteiger partial charge in [-0.1, -0.05) is 18.2 Å². The summed E-state index contributed by atoms with van der Waals surface area (Å²) in [4.78, 5) is 13.3. The standard InChI is InChI=1S/C10H9NO.C2H4O2/c1-12-10-7-6-8-4-2-3-5-9(8)11-10;1-2(3)4/h2-7H,1H3;1H3,(H,3,4). The van der Waals surface area contributed by atoms with Gasteiger partial charge in [-0.15, -0.1) is 0 Å². The van der Waals surface area contributed by atoms with E-state index in [0.29, 0.717) is 5.88 Å². The molecule has 84 valence electrons. The van der Waals surface area contributed by atoms with Crippen LogP contribution in [0, 0.1) is 0 Å². The highest BCUT2D eigenvalue weighted by Gasteiger charge is 1.94. The number of para-hydroxylation sites is 1. The lowest BCUT2D eigenvalue weighted by Crippen LogP contribution is -1.86. The number of hydrogen-bond donors (Lipinski definition) is 1. The summed E-state index contributed by atoms with van der Waals surface area (Å²) in [5.41, 5.74) is 0.969. The summed E-state index contributed by atoms with van der Waals surface area (Å²) in [7, 11) is 1.62. The lowest BCUT2D eigenvalue weighted by atomic mass is 10.2. The zero-order chi connectivity index (χ0) is 12.0. The average Bonchev–Trinajstić information content (AvgIpc) is 2.27. The van der Waals surface area contributed by atoms with Gasteiger partial charge in [0, 0.05) is 18.4 Å². The van der Waals surface area contributed by atoms with Crippen LogP contribution in [0.5, 0.6) is 5.88 Å². The number of rotatable bonds is 1. The molecule has 4 nitrogen and oxygen atoms in total. The summed E-state index contributed by atoms with van der Waals surface area (Å²) >= 11 is 0. The molecule has 1 heterocycles. The Bertz CT molecular complexity index is 478. The maximum atomic E-state index is 9.00. The third-order valence-corrected chi connectivity index (χ3v) is 1.78. The van der Waals surface area contributed by atoms with E-state index < -0.39 is 5.97 Å². The van der Waals surface area contributed by atoms with Crippen LogP contribution >= 0.6 is 0 Å². The second-order valence-corrected chi connectivity index (χ2v) is 3.07. The Labute approximate surface area is 93.5 Å². The Balaban J connectivity index is 0.000000280. The van der Waals surface area contributed by atoms with Crippen LogP contribution in [0.15, 0.2) is 36.4 Å². The number of carboxylic acid groups (broad SMARTS) is 1. The van der Waals surface area contributed by atoms with Crippen LogP contribution in [-0.4, -0.2) is 23.2 Å². The van der Waals surface area contributed by atoms with E-state index in [-0.39, 0.29) is 0 Å².